The van der Waals surface area contributed by atoms with Crippen molar-refractivity contribution < 1.29 is 4.79 Å². The number of rotatable bonds is 10. The molecular weight excluding hydrogens is 382 g/mol. The Kier molecular flexibility index (Phi) is 6.83. The molecule has 0 unspecified atom stereocenters. The molecule has 0 aliphatic heterocycles. The maximum absolute atomic E-state index is 12.9. The van der Waals surface area contributed by atoms with Crippen LogP contribution in [-0.4, -0.2) is 39.1 Å². The quantitative estimate of drug-likeness (QED) is 0.504. The van der Waals surface area contributed by atoms with Gasteiger partial charge < -0.3 is 16.0 Å². The number of hydrogen-bond donors (Lipinski definition) is 3. The molecule has 1 aromatic carbocycles. The summed E-state index contributed by atoms with van der Waals surface area (Å²) < 4.78 is 0. The highest BCUT2D eigenvalue weighted by atomic mass is 35.5. The average molecular weight is 418 g/mol. The maximum atomic E-state index is 12.9. The number of carbonyl (C=O) groups excluding carboxylic acids is 1. The summed E-state index contributed by atoms with van der Waals surface area (Å²) in [5.41, 5.74) is 2.18. The fourth-order valence-electron chi connectivity index (χ4n) is 6.53. The summed E-state index contributed by atoms with van der Waals surface area (Å²) in [5.74, 6) is 2.73. The largest absolute Gasteiger partial charge is 0.351 e. The van der Waals surface area contributed by atoms with Crippen molar-refractivity contribution >= 4 is 17.5 Å². The number of carbonyl (C=O) groups is 1. The predicted octanol–water partition coefficient (Wildman–Crippen LogP) is 4.03. The predicted molar refractivity (Wildman–Crippen MR) is 120 cm³/mol. The summed E-state index contributed by atoms with van der Waals surface area (Å²) in [4.78, 5) is 12.9. The third-order valence-electron chi connectivity index (χ3n) is 7.44. The molecule has 5 heteroatoms. The number of halogens is 1. The third kappa shape index (κ3) is 5.15. The summed E-state index contributed by atoms with van der Waals surface area (Å²) in [7, 11) is 1.96. The second-order valence-electron chi connectivity index (χ2n) is 9.87. The van der Waals surface area contributed by atoms with E-state index in [2.05, 4.69) is 16.0 Å². The van der Waals surface area contributed by atoms with Crippen molar-refractivity contribution in [2.45, 2.75) is 51.4 Å². The molecule has 0 atom stereocenters. The molecule has 4 fully saturated rings. The number of amides is 1. The minimum atomic E-state index is -0.000240. The van der Waals surface area contributed by atoms with Crippen LogP contribution in [0.2, 0.25) is 5.02 Å². The monoisotopic (exact) mass is 417 g/mol. The molecule has 3 N–H and O–H groups in total. The summed E-state index contributed by atoms with van der Waals surface area (Å²) in [6.07, 6.45) is 10.3. The van der Waals surface area contributed by atoms with E-state index in [0.29, 0.717) is 16.0 Å². The first-order valence-corrected chi connectivity index (χ1v) is 11.9. The van der Waals surface area contributed by atoms with E-state index in [-0.39, 0.29) is 5.91 Å². The van der Waals surface area contributed by atoms with Crippen molar-refractivity contribution in [3.05, 3.63) is 34.3 Å². The van der Waals surface area contributed by atoms with Gasteiger partial charge in [0.1, 0.15) is 0 Å². The van der Waals surface area contributed by atoms with Crippen LogP contribution in [0.4, 0.5) is 0 Å². The van der Waals surface area contributed by atoms with Gasteiger partial charge in [-0.15, -0.1) is 0 Å². The van der Waals surface area contributed by atoms with E-state index in [1.807, 2.05) is 25.2 Å². The summed E-state index contributed by atoms with van der Waals surface area (Å²) in [5, 5.41) is 10.4. The van der Waals surface area contributed by atoms with Crippen molar-refractivity contribution in [3.63, 3.8) is 0 Å². The molecule has 4 bridgehead atoms. The maximum Gasteiger partial charge on any atom is 0.252 e. The van der Waals surface area contributed by atoms with E-state index in [1.165, 1.54) is 44.1 Å². The topological polar surface area (TPSA) is 53.2 Å². The lowest BCUT2D eigenvalue weighted by atomic mass is 9.49. The average Bonchev–Trinajstić information content (AvgIpc) is 2.69. The Morgan fingerprint density at radius 2 is 1.76 bits per heavy atom. The molecule has 0 heterocycles. The first-order valence-electron chi connectivity index (χ1n) is 11.5. The Morgan fingerprint density at radius 3 is 2.41 bits per heavy atom. The van der Waals surface area contributed by atoms with Crippen molar-refractivity contribution in [1.29, 1.82) is 0 Å². The molecule has 5 rings (SSSR count). The van der Waals surface area contributed by atoms with Gasteiger partial charge in [0.2, 0.25) is 0 Å². The van der Waals surface area contributed by atoms with Crippen LogP contribution in [0.1, 0.15) is 60.9 Å². The molecule has 4 nitrogen and oxygen atoms in total. The van der Waals surface area contributed by atoms with Gasteiger partial charge in [0.15, 0.2) is 0 Å². The number of hydrogen-bond acceptors (Lipinski definition) is 3. The van der Waals surface area contributed by atoms with Gasteiger partial charge in [-0.2, -0.15) is 0 Å². The zero-order chi connectivity index (χ0) is 20.3. The molecule has 0 radical (unpaired) electrons. The molecule has 4 aliphatic rings. The number of benzene rings is 1. The van der Waals surface area contributed by atoms with Crippen LogP contribution in [0.25, 0.3) is 0 Å². The molecule has 0 aromatic heterocycles. The number of likely N-dealkylation sites (N-methyl/N-ethyl adjacent to an activating group) is 1. The molecule has 0 spiro atoms. The van der Waals surface area contributed by atoms with Crippen molar-refractivity contribution in [1.82, 2.24) is 16.0 Å². The smallest absolute Gasteiger partial charge is 0.252 e. The second kappa shape index (κ2) is 9.36. The Bertz CT molecular complexity index is 685. The second-order valence-corrected chi connectivity index (χ2v) is 10.3. The molecule has 160 valence electrons. The van der Waals surface area contributed by atoms with Gasteiger partial charge in [0.05, 0.1) is 10.6 Å². The van der Waals surface area contributed by atoms with Crippen LogP contribution in [0.5, 0.6) is 0 Å². The molecule has 0 saturated heterocycles. The Hall–Kier alpha value is -1.10. The number of aryl methyl sites for hydroxylation is 1. The van der Waals surface area contributed by atoms with Crippen molar-refractivity contribution in [2.75, 3.05) is 33.2 Å². The van der Waals surface area contributed by atoms with Crippen LogP contribution < -0.4 is 16.0 Å². The van der Waals surface area contributed by atoms with E-state index in [9.17, 15) is 4.79 Å². The van der Waals surface area contributed by atoms with Gasteiger partial charge in [-0.3, -0.25) is 4.79 Å². The van der Waals surface area contributed by atoms with E-state index < -0.39 is 0 Å². The molecule has 1 amide bonds. The highest BCUT2D eigenvalue weighted by molar-refractivity contribution is 6.33. The normalized spacial score (nSPS) is 29.9. The van der Waals surface area contributed by atoms with E-state index >= 15 is 0 Å². The summed E-state index contributed by atoms with van der Waals surface area (Å²) in [6, 6.07) is 5.92. The van der Waals surface area contributed by atoms with Crippen LogP contribution >= 0.6 is 11.6 Å². The van der Waals surface area contributed by atoms with Crippen LogP contribution in [0.15, 0.2) is 18.2 Å². The minimum absolute atomic E-state index is 0.000240. The lowest BCUT2D eigenvalue weighted by Crippen LogP contribution is -2.51. The molecular formula is C24H36ClN3O. The fraction of sp³-hybridized carbons (Fsp3) is 0.708. The third-order valence-corrected chi connectivity index (χ3v) is 7.76. The fourth-order valence-corrected chi connectivity index (χ4v) is 6.73. The summed E-state index contributed by atoms with van der Waals surface area (Å²) in [6.45, 7) is 3.77. The Balaban J connectivity index is 1.30. The summed E-state index contributed by atoms with van der Waals surface area (Å²) >= 11 is 6.38. The zero-order valence-corrected chi connectivity index (χ0v) is 18.5. The van der Waals surface area contributed by atoms with Gasteiger partial charge in [-0.1, -0.05) is 17.7 Å². The van der Waals surface area contributed by atoms with E-state index in [0.717, 1.165) is 56.8 Å². The molecule has 4 aliphatic carbocycles. The SMILES string of the molecule is CNCCNCCCc1ccc(Cl)c(C(=O)NCC23CC4CC(CC(C4)C2)C3)c1. The molecule has 29 heavy (non-hydrogen) atoms. The van der Waals surface area contributed by atoms with Crippen molar-refractivity contribution in [3.8, 4) is 0 Å². The Labute approximate surface area is 180 Å². The van der Waals surface area contributed by atoms with Crippen LogP contribution in [0.3, 0.4) is 0 Å². The van der Waals surface area contributed by atoms with Gasteiger partial charge in [-0.25, -0.2) is 0 Å². The van der Waals surface area contributed by atoms with Gasteiger partial charge >= 0.3 is 0 Å². The first kappa shape index (κ1) is 21.1. The van der Waals surface area contributed by atoms with E-state index in [1.54, 1.807) is 0 Å². The van der Waals surface area contributed by atoms with E-state index in [4.69, 9.17) is 11.6 Å². The standard InChI is InChI=1S/C24H36ClN3O/c1-26-7-8-27-6-2-3-17-4-5-22(25)21(12-17)23(29)28-16-24-13-18-9-19(14-24)11-20(10-18)15-24/h4-5,12,18-20,26-27H,2-3,6-11,13-16H2,1H3,(H,28,29). The van der Waals surface area contributed by atoms with Crippen LogP contribution in [-0.2, 0) is 6.42 Å². The van der Waals surface area contributed by atoms with Gasteiger partial charge in [0, 0.05) is 19.6 Å². The van der Waals surface area contributed by atoms with Gasteiger partial charge in [0.25, 0.3) is 5.91 Å². The van der Waals surface area contributed by atoms with Crippen molar-refractivity contribution in [2.24, 2.45) is 23.2 Å². The highest BCUT2D eigenvalue weighted by Gasteiger charge is 2.50. The lowest BCUT2D eigenvalue weighted by Gasteiger charge is -2.56. The lowest BCUT2D eigenvalue weighted by molar-refractivity contribution is -0.0503. The zero-order valence-electron chi connectivity index (χ0n) is 17.7. The number of nitrogens with one attached hydrogen (secondary N) is 3. The first-order chi connectivity index (χ1) is 14.1. The molecule has 4 saturated carbocycles. The highest BCUT2D eigenvalue weighted by Crippen LogP contribution is 2.59. The minimum Gasteiger partial charge on any atom is -0.351 e. The molecule has 1 aromatic rings. The Morgan fingerprint density at radius 1 is 1.07 bits per heavy atom. The van der Waals surface area contributed by atoms with Crippen LogP contribution in [0, 0.1) is 23.2 Å². The van der Waals surface area contributed by atoms with Gasteiger partial charge in [-0.05, 0) is 106 Å².